The molecule has 0 fully saturated rings. The summed E-state index contributed by atoms with van der Waals surface area (Å²) < 4.78 is 70.9. The average molecular weight is 423 g/mol. The number of nitrogens with zero attached hydrogens (tertiary/aromatic N) is 1. The van der Waals surface area contributed by atoms with Crippen molar-refractivity contribution in [3.63, 3.8) is 0 Å². The number of esters is 1. The number of anilines is 1. The standard InChI is InChI=1S/C20H16F3NO4S/c1-28-19(25)13-24(17-8-4-7-16(12-17)20(21,22)23)29(26,27)18-10-9-14-5-2-3-6-15(14)11-18/h2-12H,13H2,1H3. The Labute approximate surface area is 165 Å². The highest BCUT2D eigenvalue weighted by molar-refractivity contribution is 7.92. The van der Waals surface area contributed by atoms with Gasteiger partial charge in [0.05, 0.1) is 23.3 Å². The van der Waals surface area contributed by atoms with E-state index >= 15 is 0 Å². The van der Waals surface area contributed by atoms with Gasteiger partial charge in [-0.2, -0.15) is 13.2 Å². The summed E-state index contributed by atoms with van der Waals surface area (Å²) in [6.45, 7) is -0.771. The van der Waals surface area contributed by atoms with E-state index in [1.165, 1.54) is 18.2 Å². The number of halogens is 3. The van der Waals surface area contributed by atoms with Gasteiger partial charge in [0.2, 0.25) is 0 Å². The Morgan fingerprint density at radius 3 is 2.31 bits per heavy atom. The first kappa shape index (κ1) is 20.7. The Morgan fingerprint density at radius 2 is 1.66 bits per heavy atom. The molecule has 5 nitrogen and oxygen atoms in total. The Kier molecular flexibility index (Phi) is 5.52. The maximum atomic E-state index is 13.2. The van der Waals surface area contributed by atoms with E-state index in [0.29, 0.717) is 15.8 Å². The van der Waals surface area contributed by atoms with Crippen LogP contribution < -0.4 is 4.31 Å². The van der Waals surface area contributed by atoms with Crippen molar-refractivity contribution >= 4 is 32.5 Å². The van der Waals surface area contributed by atoms with Crippen LogP contribution in [0.4, 0.5) is 18.9 Å². The van der Waals surface area contributed by atoms with Crippen LogP contribution in [0.2, 0.25) is 0 Å². The summed E-state index contributed by atoms with van der Waals surface area (Å²) in [7, 11) is -3.28. The van der Waals surface area contributed by atoms with Crippen molar-refractivity contribution in [1.29, 1.82) is 0 Å². The number of methoxy groups -OCH3 is 1. The summed E-state index contributed by atoms with van der Waals surface area (Å²) in [4.78, 5) is 11.7. The predicted octanol–water partition coefficient (Wildman–Crippen LogP) is 4.23. The Hall–Kier alpha value is -3.07. The van der Waals surface area contributed by atoms with Gasteiger partial charge in [0.25, 0.3) is 10.0 Å². The number of ether oxygens (including phenoxy) is 1. The highest BCUT2D eigenvalue weighted by Gasteiger charge is 2.33. The number of hydrogen-bond donors (Lipinski definition) is 0. The maximum Gasteiger partial charge on any atom is 0.416 e. The van der Waals surface area contributed by atoms with E-state index in [4.69, 9.17) is 0 Å². The topological polar surface area (TPSA) is 63.7 Å². The molecule has 0 aromatic heterocycles. The van der Waals surface area contributed by atoms with Crippen molar-refractivity contribution in [2.45, 2.75) is 11.1 Å². The Balaban J connectivity index is 2.13. The van der Waals surface area contributed by atoms with Crippen molar-refractivity contribution in [2.75, 3.05) is 18.0 Å². The van der Waals surface area contributed by atoms with E-state index < -0.39 is 34.3 Å². The fourth-order valence-corrected chi connectivity index (χ4v) is 4.23. The quantitative estimate of drug-likeness (QED) is 0.577. The molecule has 0 radical (unpaired) electrons. The molecule has 0 amide bonds. The van der Waals surface area contributed by atoms with Gasteiger partial charge in [0, 0.05) is 0 Å². The number of sulfonamides is 1. The number of carbonyl (C=O) groups is 1. The average Bonchev–Trinajstić information content (AvgIpc) is 2.70. The van der Waals surface area contributed by atoms with Crippen LogP contribution in [0.3, 0.4) is 0 Å². The van der Waals surface area contributed by atoms with Crippen LogP contribution >= 0.6 is 0 Å². The maximum absolute atomic E-state index is 13.2. The third-order valence-electron chi connectivity index (χ3n) is 4.27. The Bertz CT molecular complexity index is 1160. The first-order valence-electron chi connectivity index (χ1n) is 8.38. The SMILES string of the molecule is COC(=O)CN(c1cccc(C(F)(F)F)c1)S(=O)(=O)c1ccc2ccccc2c1. The molecule has 3 aromatic rings. The smallest absolute Gasteiger partial charge is 0.416 e. The number of hydrogen-bond acceptors (Lipinski definition) is 4. The molecule has 0 bridgehead atoms. The zero-order chi connectivity index (χ0) is 21.2. The molecule has 0 N–H and O–H groups in total. The molecule has 0 unspecified atom stereocenters. The molecule has 9 heteroatoms. The van der Waals surface area contributed by atoms with E-state index in [2.05, 4.69) is 4.74 Å². The van der Waals surface area contributed by atoms with Gasteiger partial charge in [0.15, 0.2) is 0 Å². The summed E-state index contributed by atoms with van der Waals surface area (Å²) in [6, 6.07) is 15.1. The predicted molar refractivity (Wildman–Crippen MR) is 102 cm³/mol. The second-order valence-corrected chi connectivity index (χ2v) is 8.01. The number of fused-ring (bicyclic) bond motifs is 1. The number of carbonyl (C=O) groups excluding carboxylic acids is 1. The van der Waals surface area contributed by atoms with Gasteiger partial charge in [-0.1, -0.05) is 36.4 Å². The molecule has 3 aromatic carbocycles. The molecule has 3 rings (SSSR count). The molecule has 0 aliphatic rings. The normalized spacial score (nSPS) is 12.0. The lowest BCUT2D eigenvalue weighted by molar-refractivity contribution is -0.139. The molecule has 152 valence electrons. The minimum Gasteiger partial charge on any atom is -0.468 e. The van der Waals surface area contributed by atoms with E-state index in [9.17, 15) is 26.4 Å². The number of alkyl halides is 3. The zero-order valence-corrected chi connectivity index (χ0v) is 16.0. The van der Waals surface area contributed by atoms with Crippen LogP contribution in [0.5, 0.6) is 0 Å². The molecular formula is C20H16F3NO4S. The largest absolute Gasteiger partial charge is 0.468 e. The van der Waals surface area contributed by atoms with Crippen LogP contribution in [-0.2, 0) is 25.7 Å². The van der Waals surface area contributed by atoms with Crippen molar-refractivity contribution in [2.24, 2.45) is 0 Å². The third kappa shape index (κ3) is 4.34. The molecule has 0 saturated heterocycles. The monoisotopic (exact) mass is 423 g/mol. The van der Waals surface area contributed by atoms with E-state index in [1.807, 2.05) is 0 Å². The van der Waals surface area contributed by atoms with Gasteiger partial charge in [0.1, 0.15) is 6.54 Å². The van der Waals surface area contributed by atoms with Crippen LogP contribution in [0, 0.1) is 0 Å². The summed E-state index contributed by atoms with van der Waals surface area (Å²) in [5, 5.41) is 1.43. The minimum atomic E-state index is -4.67. The van der Waals surface area contributed by atoms with Gasteiger partial charge < -0.3 is 4.74 Å². The molecule has 0 atom stereocenters. The van der Waals surface area contributed by atoms with Crippen molar-refractivity contribution in [3.05, 3.63) is 72.3 Å². The number of rotatable bonds is 5. The molecule has 0 aliphatic carbocycles. The van der Waals surface area contributed by atoms with Crippen molar-refractivity contribution < 1.29 is 31.1 Å². The lowest BCUT2D eigenvalue weighted by atomic mass is 10.1. The first-order chi connectivity index (χ1) is 13.6. The first-order valence-corrected chi connectivity index (χ1v) is 9.82. The third-order valence-corrected chi connectivity index (χ3v) is 6.04. The van der Waals surface area contributed by atoms with Crippen LogP contribution in [0.15, 0.2) is 71.6 Å². The minimum absolute atomic E-state index is 0.155. The fourth-order valence-electron chi connectivity index (χ4n) is 2.79. The van der Waals surface area contributed by atoms with E-state index in [0.717, 1.165) is 24.6 Å². The van der Waals surface area contributed by atoms with E-state index in [1.54, 1.807) is 30.3 Å². The molecular weight excluding hydrogens is 407 g/mol. The van der Waals surface area contributed by atoms with Crippen LogP contribution in [-0.4, -0.2) is 28.0 Å². The number of benzene rings is 3. The second kappa shape index (κ2) is 7.75. The fraction of sp³-hybridized carbons (Fsp3) is 0.150. The van der Waals surface area contributed by atoms with Crippen molar-refractivity contribution in [1.82, 2.24) is 0 Å². The van der Waals surface area contributed by atoms with Gasteiger partial charge in [-0.15, -0.1) is 0 Å². The molecule has 0 heterocycles. The van der Waals surface area contributed by atoms with Gasteiger partial charge in [-0.25, -0.2) is 8.42 Å². The lowest BCUT2D eigenvalue weighted by Gasteiger charge is -2.24. The summed E-state index contributed by atoms with van der Waals surface area (Å²) >= 11 is 0. The molecule has 29 heavy (non-hydrogen) atoms. The van der Waals surface area contributed by atoms with E-state index in [-0.39, 0.29) is 10.6 Å². The molecule has 0 aliphatic heterocycles. The highest BCUT2D eigenvalue weighted by Crippen LogP contribution is 2.33. The van der Waals surface area contributed by atoms with Gasteiger partial charge in [-0.05, 0) is 41.1 Å². The summed E-state index contributed by atoms with van der Waals surface area (Å²) in [5.74, 6) is -0.910. The van der Waals surface area contributed by atoms with Gasteiger partial charge >= 0.3 is 12.1 Å². The highest BCUT2D eigenvalue weighted by atomic mass is 32.2. The Morgan fingerprint density at radius 1 is 0.966 bits per heavy atom. The summed E-state index contributed by atoms with van der Waals surface area (Å²) in [5.41, 5.74) is -1.32. The second-order valence-electron chi connectivity index (χ2n) is 6.14. The van der Waals surface area contributed by atoms with Gasteiger partial charge in [-0.3, -0.25) is 9.10 Å². The zero-order valence-electron chi connectivity index (χ0n) is 15.2. The van der Waals surface area contributed by atoms with Crippen molar-refractivity contribution in [3.8, 4) is 0 Å². The molecule has 0 spiro atoms. The van der Waals surface area contributed by atoms with Crippen LogP contribution in [0.25, 0.3) is 10.8 Å². The lowest BCUT2D eigenvalue weighted by Crippen LogP contribution is -2.36. The van der Waals surface area contributed by atoms with Crippen LogP contribution in [0.1, 0.15) is 5.56 Å². The molecule has 0 saturated carbocycles. The summed E-state index contributed by atoms with van der Waals surface area (Å²) in [6.07, 6.45) is -4.67.